The molecule has 2 heterocycles. The van der Waals surface area contributed by atoms with Gasteiger partial charge in [0, 0.05) is 22.9 Å². The van der Waals surface area contributed by atoms with E-state index < -0.39 is 0 Å². The summed E-state index contributed by atoms with van der Waals surface area (Å²) in [6.45, 7) is 0. The zero-order valence-electron chi connectivity index (χ0n) is 18.4. The van der Waals surface area contributed by atoms with Gasteiger partial charge in [-0.2, -0.15) is 0 Å². The zero-order valence-corrected chi connectivity index (χ0v) is 21.7. The molecule has 8 heteroatoms. The van der Waals surface area contributed by atoms with Gasteiger partial charge in [0.15, 0.2) is 0 Å². The molecule has 2 aliphatic carbocycles. The van der Waals surface area contributed by atoms with Crippen molar-refractivity contribution in [1.82, 2.24) is 9.97 Å². The summed E-state index contributed by atoms with van der Waals surface area (Å²) in [5, 5.41) is 22.7. The van der Waals surface area contributed by atoms with Crippen LogP contribution in [0.1, 0.15) is 64.2 Å². The Balaban J connectivity index is 0.000000181. The van der Waals surface area contributed by atoms with E-state index in [4.69, 9.17) is 0 Å². The first-order valence-corrected chi connectivity index (χ1v) is 16.0. The third kappa shape index (κ3) is 9.85. The molecule has 176 valence electrons. The molecule has 2 fully saturated rings. The minimum absolute atomic E-state index is 0.135. The second-order valence-corrected chi connectivity index (χ2v) is 13.1. The van der Waals surface area contributed by atoms with Gasteiger partial charge in [-0.3, -0.25) is 0 Å². The largest absolute Gasteiger partial charge is 0.392 e. The highest BCUT2D eigenvalue weighted by molar-refractivity contribution is 8.77. The molecule has 0 bridgehead atoms. The van der Waals surface area contributed by atoms with Gasteiger partial charge < -0.3 is 10.2 Å². The van der Waals surface area contributed by atoms with Gasteiger partial charge in [-0.05, 0) is 71.5 Å². The van der Waals surface area contributed by atoms with Gasteiger partial charge >= 0.3 is 0 Å². The van der Waals surface area contributed by atoms with Crippen LogP contribution in [0.5, 0.6) is 0 Å². The van der Waals surface area contributed by atoms with Crippen molar-refractivity contribution >= 4 is 43.2 Å². The van der Waals surface area contributed by atoms with Gasteiger partial charge in [0.25, 0.3) is 0 Å². The van der Waals surface area contributed by atoms with Gasteiger partial charge in [0.2, 0.25) is 0 Å². The number of rotatable bonds is 6. The smallest absolute Gasteiger partial charge is 0.106 e. The maximum atomic E-state index is 9.97. The summed E-state index contributed by atoms with van der Waals surface area (Å²) in [5.41, 5.74) is 0. The summed E-state index contributed by atoms with van der Waals surface area (Å²) in [5.74, 6) is 0. The summed E-state index contributed by atoms with van der Waals surface area (Å²) in [7, 11) is 6.92. The van der Waals surface area contributed by atoms with Crippen LogP contribution in [0, 0.1) is 0 Å². The second kappa shape index (κ2) is 15.5. The monoisotopic (exact) mass is 510 g/mol. The van der Waals surface area contributed by atoms with Crippen LogP contribution in [0.2, 0.25) is 0 Å². The molecule has 0 unspecified atom stereocenters. The third-order valence-corrected chi connectivity index (χ3v) is 11.3. The van der Waals surface area contributed by atoms with E-state index in [-0.39, 0.29) is 12.2 Å². The van der Waals surface area contributed by atoms with E-state index in [0.29, 0.717) is 10.5 Å². The molecule has 4 rings (SSSR count). The van der Waals surface area contributed by atoms with Gasteiger partial charge in [-0.15, -0.1) is 0 Å². The van der Waals surface area contributed by atoms with Crippen LogP contribution in [0.3, 0.4) is 0 Å². The van der Waals surface area contributed by atoms with E-state index in [2.05, 4.69) is 9.97 Å². The SMILES string of the molecule is O[C@@H]1CCCCC[C@H]1SSc1ccccn1.O[C@H]1CCCCC[C@@H]1SSc1ccccn1. The Morgan fingerprint density at radius 3 is 1.44 bits per heavy atom. The number of hydrogen-bond acceptors (Lipinski definition) is 8. The first kappa shape index (κ1) is 26.2. The maximum Gasteiger partial charge on any atom is 0.106 e. The van der Waals surface area contributed by atoms with Crippen LogP contribution in [0.15, 0.2) is 58.8 Å². The first-order chi connectivity index (χ1) is 15.7. The Hall–Kier alpha value is -0.380. The van der Waals surface area contributed by atoms with Crippen LogP contribution in [0.25, 0.3) is 0 Å². The lowest BCUT2D eigenvalue weighted by atomic mass is 10.1. The number of nitrogens with zero attached hydrogens (tertiary/aromatic N) is 2. The molecular formula is C24H34N2O2S4. The highest BCUT2D eigenvalue weighted by Gasteiger charge is 2.23. The molecule has 4 atom stereocenters. The Labute approximate surface area is 208 Å². The lowest BCUT2D eigenvalue weighted by Crippen LogP contribution is -2.20. The topological polar surface area (TPSA) is 66.2 Å². The minimum Gasteiger partial charge on any atom is -0.392 e. The summed E-state index contributed by atoms with van der Waals surface area (Å²) < 4.78 is 0. The fourth-order valence-electron chi connectivity index (χ4n) is 3.75. The van der Waals surface area contributed by atoms with E-state index in [0.717, 1.165) is 35.7 Å². The van der Waals surface area contributed by atoms with Crippen molar-refractivity contribution in [1.29, 1.82) is 0 Å². The fourth-order valence-corrected chi connectivity index (χ4v) is 8.99. The molecule has 0 radical (unpaired) electrons. The fraction of sp³-hybridized carbons (Fsp3) is 0.583. The summed E-state index contributed by atoms with van der Waals surface area (Å²) in [4.78, 5) is 8.54. The van der Waals surface area contributed by atoms with Gasteiger partial charge in [-0.25, -0.2) is 9.97 Å². The highest BCUT2D eigenvalue weighted by atomic mass is 33.1. The van der Waals surface area contributed by atoms with Crippen molar-refractivity contribution in [2.75, 3.05) is 0 Å². The van der Waals surface area contributed by atoms with Gasteiger partial charge in [0.05, 0.1) is 12.2 Å². The third-order valence-electron chi connectivity index (χ3n) is 5.63. The number of pyridine rings is 2. The lowest BCUT2D eigenvalue weighted by Gasteiger charge is -2.18. The van der Waals surface area contributed by atoms with E-state index in [1.54, 1.807) is 43.2 Å². The number of aliphatic hydroxyl groups is 2. The molecule has 2 N–H and O–H groups in total. The summed E-state index contributed by atoms with van der Waals surface area (Å²) in [6.07, 6.45) is 14.9. The van der Waals surface area contributed by atoms with Crippen molar-refractivity contribution < 1.29 is 10.2 Å². The van der Waals surface area contributed by atoms with Crippen LogP contribution in [-0.4, -0.2) is 42.9 Å². The standard InChI is InChI=1S/2C12H17NOS2/c2*14-10-6-2-1-3-7-11(10)15-16-12-8-4-5-9-13-12/h2*4-5,8-11,14H,1-3,6-7H2/t2*10-,11-/m10/s1. The predicted molar refractivity (Wildman–Crippen MR) is 141 cm³/mol. The van der Waals surface area contributed by atoms with Crippen molar-refractivity contribution in [2.45, 2.75) is 97.0 Å². The lowest BCUT2D eigenvalue weighted by molar-refractivity contribution is 0.163. The molecule has 0 saturated heterocycles. The number of aromatic nitrogens is 2. The predicted octanol–water partition coefficient (Wildman–Crippen LogP) is 7.03. The molecule has 2 aromatic rings. The molecule has 0 aliphatic heterocycles. The average Bonchev–Trinajstić information content (AvgIpc) is 3.17. The number of hydrogen-bond donors (Lipinski definition) is 2. The van der Waals surface area contributed by atoms with Crippen molar-refractivity contribution in [3.05, 3.63) is 48.8 Å². The van der Waals surface area contributed by atoms with Crippen LogP contribution >= 0.6 is 43.2 Å². The van der Waals surface area contributed by atoms with Gasteiger partial charge in [-0.1, -0.05) is 72.2 Å². The van der Waals surface area contributed by atoms with E-state index in [1.807, 2.05) is 48.8 Å². The Morgan fingerprint density at radius 1 is 0.594 bits per heavy atom. The number of aliphatic hydroxyl groups excluding tert-OH is 2. The Kier molecular flexibility index (Phi) is 12.7. The second-order valence-electron chi connectivity index (χ2n) is 8.18. The van der Waals surface area contributed by atoms with Crippen molar-refractivity contribution in [2.24, 2.45) is 0 Å². The van der Waals surface area contributed by atoms with E-state index in [1.165, 1.54) is 38.5 Å². The normalized spacial score (nSPS) is 26.3. The van der Waals surface area contributed by atoms with Gasteiger partial charge in [0.1, 0.15) is 10.1 Å². The molecule has 0 aromatic carbocycles. The molecule has 2 aliphatic rings. The molecule has 32 heavy (non-hydrogen) atoms. The van der Waals surface area contributed by atoms with E-state index >= 15 is 0 Å². The Morgan fingerprint density at radius 2 is 1.03 bits per heavy atom. The average molecular weight is 511 g/mol. The van der Waals surface area contributed by atoms with Crippen LogP contribution in [0.4, 0.5) is 0 Å². The quantitative estimate of drug-likeness (QED) is 0.317. The molecule has 0 spiro atoms. The molecule has 2 saturated carbocycles. The summed E-state index contributed by atoms with van der Waals surface area (Å²) in [6, 6.07) is 11.9. The van der Waals surface area contributed by atoms with Crippen LogP contribution < -0.4 is 0 Å². The van der Waals surface area contributed by atoms with Crippen molar-refractivity contribution in [3.63, 3.8) is 0 Å². The van der Waals surface area contributed by atoms with E-state index in [9.17, 15) is 10.2 Å². The first-order valence-electron chi connectivity index (χ1n) is 11.6. The van der Waals surface area contributed by atoms with Crippen molar-refractivity contribution in [3.8, 4) is 0 Å². The maximum absolute atomic E-state index is 9.97. The van der Waals surface area contributed by atoms with Crippen LogP contribution in [-0.2, 0) is 0 Å². The summed E-state index contributed by atoms with van der Waals surface area (Å²) >= 11 is 0. The molecule has 0 amide bonds. The molecule has 4 nitrogen and oxygen atoms in total. The molecule has 2 aromatic heterocycles. The zero-order chi connectivity index (χ0) is 22.4. The minimum atomic E-state index is -0.135. The molecular weight excluding hydrogens is 477 g/mol. The highest BCUT2D eigenvalue weighted by Crippen LogP contribution is 2.39. The Bertz CT molecular complexity index is 678.